The molecule has 3 rings (SSSR count). The first-order valence-electron chi connectivity index (χ1n) is 7.01. The Hall–Kier alpha value is -2.04. The maximum absolute atomic E-state index is 4.66. The molecule has 0 bridgehead atoms. The van der Waals surface area contributed by atoms with Crippen molar-refractivity contribution in [3.63, 3.8) is 0 Å². The quantitative estimate of drug-likeness (QED) is 0.707. The smallest absolute Gasteiger partial charge is 0.0945 e. The normalized spacial score (nSPS) is 10.7. The number of pyridine rings is 1. The van der Waals surface area contributed by atoms with Gasteiger partial charge in [-0.2, -0.15) is 0 Å². The van der Waals surface area contributed by atoms with Crippen molar-refractivity contribution in [1.29, 1.82) is 0 Å². The van der Waals surface area contributed by atoms with Crippen LogP contribution >= 0.6 is 11.3 Å². The predicted octanol–water partition coefficient (Wildman–Crippen LogP) is 3.54. The van der Waals surface area contributed by atoms with Crippen molar-refractivity contribution in [2.75, 3.05) is 6.54 Å². The van der Waals surface area contributed by atoms with E-state index in [1.165, 1.54) is 5.56 Å². The maximum atomic E-state index is 4.66. The van der Waals surface area contributed by atoms with Gasteiger partial charge >= 0.3 is 0 Å². The number of hydrogen-bond donors (Lipinski definition) is 1. The molecular weight excluding hydrogens is 278 g/mol. The van der Waals surface area contributed by atoms with Crippen LogP contribution in [-0.2, 0) is 13.0 Å². The van der Waals surface area contributed by atoms with Crippen molar-refractivity contribution in [2.24, 2.45) is 0 Å². The van der Waals surface area contributed by atoms with Crippen LogP contribution in [0.3, 0.4) is 0 Å². The number of aromatic nitrogens is 2. The molecule has 106 valence electrons. The lowest BCUT2D eigenvalue weighted by Crippen LogP contribution is -2.16. The number of benzene rings is 1. The summed E-state index contributed by atoms with van der Waals surface area (Å²) in [5, 5.41) is 6.72. The second kappa shape index (κ2) is 7.11. The molecular formula is C17H17N3S. The molecule has 0 aliphatic rings. The van der Waals surface area contributed by atoms with Gasteiger partial charge in [-0.25, -0.2) is 4.98 Å². The molecule has 1 aromatic carbocycles. The van der Waals surface area contributed by atoms with Gasteiger partial charge in [-0.05, 0) is 17.7 Å². The molecule has 0 saturated carbocycles. The van der Waals surface area contributed by atoms with Crippen LogP contribution in [0.4, 0.5) is 0 Å². The van der Waals surface area contributed by atoms with E-state index >= 15 is 0 Å². The Morgan fingerprint density at radius 1 is 1.05 bits per heavy atom. The topological polar surface area (TPSA) is 37.8 Å². The third-order valence-corrected chi connectivity index (χ3v) is 4.11. The fourth-order valence-electron chi connectivity index (χ4n) is 2.10. The lowest BCUT2D eigenvalue weighted by molar-refractivity contribution is 0.685. The van der Waals surface area contributed by atoms with Crippen molar-refractivity contribution in [3.05, 3.63) is 70.8 Å². The second-order valence-corrected chi connectivity index (χ2v) is 5.72. The van der Waals surface area contributed by atoms with Crippen molar-refractivity contribution in [2.45, 2.75) is 13.0 Å². The summed E-state index contributed by atoms with van der Waals surface area (Å²) in [6, 6.07) is 14.4. The van der Waals surface area contributed by atoms with Crippen molar-refractivity contribution < 1.29 is 0 Å². The zero-order chi connectivity index (χ0) is 14.3. The van der Waals surface area contributed by atoms with Gasteiger partial charge in [0.15, 0.2) is 0 Å². The van der Waals surface area contributed by atoms with E-state index in [1.807, 2.05) is 24.4 Å². The third kappa shape index (κ3) is 3.97. The molecule has 0 atom stereocenters. The summed E-state index contributed by atoms with van der Waals surface area (Å²) in [6.45, 7) is 1.84. The van der Waals surface area contributed by atoms with E-state index in [4.69, 9.17) is 0 Å². The number of nitrogens with one attached hydrogen (secondary N) is 1. The minimum atomic E-state index is 0.904. The van der Waals surface area contributed by atoms with Crippen LogP contribution in [-0.4, -0.2) is 16.5 Å². The van der Waals surface area contributed by atoms with Crippen LogP contribution in [0.1, 0.15) is 10.6 Å². The van der Waals surface area contributed by atoms with E-state index in [0.717, 1.165) is 35.8 Å². The first-order valence-corrected chi connectivity index (χ1v) is 7.89. The highest BCUT2D eigenvalue weighted by Gasteiger charge is 2.04. The molecule has 3 nitrogen and oxygen atoms in total. The van der Waals surface area contributed by atoms with Crippen LogP contribution in [0.5, 0.6) is 0 Å². The van der Waals surface area contributed by atoms with E-state index in [1.54, 1.807) is 17.5 Å². The minimum absolute atomic E-state index is 0.904. The molecule has 2 heterocycles. The zero-order valence-corrected chi connectivity index (χ0v) is 12.5. The van der Waals surface area contributed by atoms with Crippen LogP contribution in [0.15, 0.2) is 60.2 Å². The molecule has 0 spiro atoms. The fourth-order valence-corrected chi connectivity index (χ4v) is 2.90. The van der Waals surface area contributed by atoms with Gasteiger partial charge in [-0.1, -0.05) is 30.3 Å². The Morgan fingerprint density at radius 2 is 1.95 bits per heavy atom. The van der Waals surface area contributed by atoms with Crippen LogP contribution in [0.25, 0.3) is 11.3 Å². The number of nitrogens with zero attached hydrogens (tertiary/aromatic N) is 2. The molecule has 21 heavy (non-hydrogen) atoms. The highest BCUT2D eigenvalue weighted by atomic mass is 32.1. The van der Waals surface area contributed by atoms with Gasteiger partial charge in [0.2, 0.25) is 0 Å². The van der Waals surface area contributed by atoms with Gasteiger partial charge in [0.25, 0.3) is 0 Å². The molecule has 0 saturated heterocycles. The molecule has 0 radical (unpaired) electrons. The van der Waals surface area contributed by atoms with Crippen molar-refractivity contribution >= 4 is 11.3 Å². The van der Waals surface area contributed by atoms with Gasteiger partial charge in [0, 0.05) is 42.8 Å². The Morgan fingerprint density at radius 3 is 2.76 bits per heavy atom. The third-order valence-electron chi connectivity index (χ3n) is 3.20. The Labute approximate surface area is 128 Å². The first-order chi connectivity index (χ1) is 10.4. The van der Waals surface area contributed by atoms with E-state index < -0.39 is 0 Å². The molecule has 0 aliphatic heterocycles. The van der Waals surface area contributed by atoms with Gasteiger partial charge in [-0.3, -0.25) is 4.98 Å². The average molecular weight is 295 g/mol. The molecule has 0 aliphatic carbocycles. The summed E-state index contributed by atoms with van der Waals surface area (Å²) in [5.41, 5.74) is 3.41. The number of thiazole rings is 1. The lowest BCUT2D eigenvalue weighted by Gasteiger charge is -2.03. The number of hydrogen-bond acceptors (Lipinski definition) is 4. The molecule has 4 heteroatoms. The molecule has 2 aromatic heterocycles. The molecule has 3 aromatic rings. The highest BCUT2D eigenvalue weighted by molar-refractivity contribution is 7.09. The maximum Gasteiger partial charge on any atom is 0.0945 e. The summed E-state index contributed by atoms with van der Waals surface area (Å²) in [6.07, 6.45) is 4.59. The summed E-state index contributed by atoms with van der Waals surface area (Å²) in [7, 11) is 0. The highest BCUT2D eigenvalue weighted by Crippen LogP contribution is 2.20. The average Bonchev–Trinajstić information content (AvgIpc) is 3.02. The minimum Gasteiger partial charge on any atom is -0.312 e. The summed E-state index contributed by atoms with van der Waals surface area (Å²) < 4.78 is 0. The van der Waals surface area contributed by atoms with E-state index in [9.17, 15) is 0 Å². The standard InChI is InChI=1S/C17H17N3S/c1-2-5-14(6-3-1)11-19-10-8-17-20-16(13-21-17)15-7-4-9-18-12-15/h1-7,9,12-13,19H,8,10-11H2. The summed E-state index contributed by atoms with van der Waals surface area (Å²) in [4.78, 5) is 8.80. The Balaban J connectivity index is 1.49. The molecule has 0 unspecified atom stereocenters. The first kappa shape index (κ1) is 13.9. The summed E-state index contributed by atoms with van der Waals surface area (Å²) >= 11 is 1.71. The van der Waals surface area contributed by atoms with Gasteiger partial charge < -0.3 is 5.32 Å². The van der Waals surface area contributed by atoms with Crippen LogP contribution in [0, 0.1) is 0 Å². The monoisotopic (exact) mass is 295 g/mol. The van der Waals surface area contributed by atoms with Gasteiger partial charge in [0.05, 0.1) is 10.7 Å². The fraction of sp³-hybridized carbons (Fsp3) is 0.176. The summed E-state index contributed by atoms with van der Waals surface area (Å²) in [5.74, 6) is 0. The van der Waals surface area contributed by atoms with Crippen molar-refractivity contribution in [3.8, 4) is 11.3 Å². The predicted molar refractivity (Wildman–Crippen MR) is 87.2 cm³/mol. The van der Waals surface area contributed by atoms with Gasteiger partial charge in [0.1, 0.15) is 0 Å². The van der Waals surface area contributed by atoms with Gasteiger partial charge in [-0.15, -0.1) is 11.3 Å². The van der Waals surface area contributed by atoms with Crippen LogP contribution in [0.2, 0.25) is 0 Å². The SMILES string of the molecule is c1ccc(CNCCc2nc(-c3cccnc3)cs2)cc1. The Bertz CT molecular complexity index is 665. The van der Waals surface area contributed by atoms with E-state index in [2.05, 4.69) is 44.9 Å². The van der Waals surface area contributed by atoms with Crippen molar-refractivity contribution in [1.82, 2.24) is 15.3 Å². The second-order valence-electron chi connectivity index (χ2n) is 4.78. The van der Waals surface area contributed by atoms with E-state index in [0.29, 0.717) is 0 Å². The lowest BCUT2D eigenvalue weighted by atomic mass is 10.2. The molecule has 1 N–H and O–H groups in total. The van der Waals surface area contributed by atoms with E-state index in [-0.39, 0.29) is 0 Å². The Kier molecular flexibility index (Phi) is 4.71. The zero-order valence-electron chi connectivity index (χ0n) is 11.7. The molecule has 0 amide bonds. The largest absolute Gasteiger partial charge is 0.312 e. The number of rotatable bonds is 6. The molecule has 0 fully saturated rings. The van der Waals surface area contributed by atoms with Crippen LogP contribution < -0.4 is 5.32 Å².